The highest BCUT2D eigenvalue weighted by Gasteiger charge is 2.42. The second-order valence-electron chi connectivity index (χ2n) is 7.05. The summed E-state index contributed by atoms with van der Waals surface area (Å²) in [6.45, 7) is -0.360. The molecule has 0 aliphatic carbocycles. The van der Waals surface area contributed by atoms with Gasteiger partial charge in [0.1, 0.15) is 5.75 Å². The van der Waals surface area contributed by atoms with Gasteiger partial charge in [-0.1, -0.05) is 36.3 Å². The molecule has 0 saturated carbocycles. The summed E-state index contributed by atoms with van der Waals surface area (Å²) in [6.07, 6.45) is 5.64. The van der Waals surface area contributed by atoms with Gasteiger partial charge in [0.15, 0.2) is 6.61 Å². The van der Waals surface area contributed by atoms with Crippen LogP contribution in [0.2, 0.25) is 0 Å². The first-order valence-corrected chi connectivity index (χ1v) is 9.93. The maximum Gasteiger partial charge on any atom is 0.311 e. The van der Waals surface area contributed by atoms with E-state index in [1.54, 1.807) is 36.3 Å². The van der Waals surface area contributed by atoms with E-state index in [1.807, 2.05) is 30.3 Å². The molecule has 2 aromatic carbocycles. The van der Waals surface area contributed by atoms with Gasteiger partial charge in [0.2, 0.25) is 5.91 Å². The molecule has 0 radical (unpaired) electrons. The number of ether oxygens (including phenoxy) is 2. The van der Waals surface area contributed by atoms with E-state index < -0.39 is 30.4 Å². The molecule has 1 heterocycles. The Morgan fingerprint density at radius 3 is 2.52 bits per heavy atom. The lowest BCUT2D eigenvalue weighted by molar-refractivity contribution is -0.154. The Hall–Kier alpha value is -3.79. The number of terminal acetylenes is 1. The van der Waals surface area contributed by atoms with Gasteiger partial charge >= 0.3 is 5.97 Å². The van der Waals surface area contributed by atoms with Crippen LogP contribution in [-0.4, -0.2) is 38.0 Å². The molecule has 7 heteroatoms. The van der Waals surface area contributed by atoms with Gasteiger partial charge in [-0.05, 0) is 36.2 Å². The molecule has 0 bridgehead atoms. The van der Waals surface area contributed by atoms with Gasteiger partial charge in [-0.25, -0.2) is 0 Å². The molecule has 2 atom stereocenters. The van der Waals surface area contributed by atoms with Crippen LogP contribution in [0.15, 0.2) is 54.6 Å². The number of methoxy groups -OCH3 is 1. The number of carbonyl (C=O) groups is 3. The van der Waals surface area contributed by atoms with E-state index in [4.69, 9.17) is 15.9 Å². The second kappa shape index (κ2) is 10.3. The van der Waals surface area contributed by atoms with Crippen molar-refractivity contribution in [2.45, 2.75) is 18.9 Å². The number of nitrogens with zero attached hydrogens (tertiary/aromatic N) is 1. The quantitative estimate of drug-likeness (QED) is 0.550. The fraction of sp³-hybridized carbons (Fsp3) is 0.292. The number of amides is 2. The number of hydrogen-bond donors (Lipinski definition) is 1. The van der Waals surface area contributed by atoms with Gasteiger partial charge in [0.25, 0.3) is 5.91 Å². The number of piperidine rings is 1. The third-order valence-electron chi connectivity index (χ3n) is 5.12. The largest absolute Gasteiger partial charge is 0.497 e. The number of benzene rings is 2. The summed E-state index contributed by atoms with van der Waals surface area (Å²) in [5.74, 6) is 1.24. The number of anilines is 1. The van der Waals surface area contributed by atoms with Crippen LogP contribution in [0.25, 0.3) is 0 Å². The topological polar surface area (TPSA) is 84.9 Å². The van der Waals surface area contributed by atoms with E-state index >= 15 is 0 Å². The summed E-state index contributed by atoms with van der Waals surface area (Å²) in [7, 11) is 1.57. The smallest absolute Gasteiger partial charge is 0.311 e. The predicted molar refractivity (Wildman–Crippen MR) is 115 cm³/mol. The lowest BCUT2D eigenvalue weighted by Gasteiger charge is -2.40. The third kappa shape index (κ3) is 5.23. The maximum atomic E-state index is 12.9. The van der Waals surface area contributed by atoms with Crippen LogP contribution in [0.4, 0.5) is 5.69 Å². The van der Waals surface area contributed by atoms with Gasteiger partial charge in [0, 0.05) is 12.1 Å². The zero-order chi connectivity index (χ0) is 22.2. The van der Waals surface area contributed by atoms with E-state index in [2.05, 4.69) is 11.2 Å². The van der Waals surface area contributed by atoms with Crippen LogP contribution in [0.5, 0.6) is 5.75 Å². The van der Waals surface area contributed by atoms with E-state index in [0.717, 1.165) is 5.56 Å². The summed E-state index contributed by atoms with van der Waals surface area (Å²) in [5, 5.41) is 2.46. The van der Waals surface area contributed by atoms with Gasteiger partial charge in [-0.3, -0.25) is 14.4 Å². The Labute approximate surface area is 181 Å². The standard InChI is InChI=1S/C24H24N2O5/c1-3-15-25-21(27)16-31-24(29)20-13-14-22(28)26(18-9-11-19(30-2)12-10-18)23(20)17-7-5-4-6-8-17/h1,4-12,20,23H,13-16H2,2H3,(H,25,27)/t20-,23-/m1/s1. The highest BCUT2D eigenvalue weighted by atomic mass is 16.5. The Bertz CT molecular complexity index is 966. The first-order valence-electron chi connectivity index (χ1n) is 9.93. The molecular weight excluding hydrogens is 396 g/mol. The number of rotatable bonds is 7. The van der Waals surface area contributed by atoms with Gasteiger partial charge in [0.05, 0.1) is 25.6 Å². The van der Waals surface area contributed by atoms with Crippen LogP contribution in [0, 0.1) is 18.3 Å². The van der Waals surface area contributed by atoms with Crippen molar-refractivity contribution in [2.75, 3.05) is 25.2 Å². The Morgan fingerprint density at radius 1 is 1.16 bits per heavy atom. The molecule has 1 fully saturated rings. The van der Waals surface area contributed by atoms with Crippen molar-refractivity contribution >= 4 is 23.5 Å². The van der Waals surface area contributed by atoms with Gasteiger partial charge in [-0.15, -0.1) is 6.42 Å². The predicted octanol–water partition coefficient (Wildman–Crippen LogP) is 2.47. The highest BCUT2D eigenvalue weighted by Crippen LogP contribution is 2.40. The summed E-state index contributed by atoms with van der Waals surface area (Å²) < 4.78 is 10.5. The molecule has 1 saturated heterocycles. The number of esters is 1. The molecular formula is C24H24N2O5. The van der Waals surface area contributed by atoms with Crippen LogP contribution in [0.3, 0.4) is 0 Å². The second-order valence-corrected chi connectivity index (χ2v) is 7.05. The fourth-order valence-corrected chi connectivity index (χ4v) is 3.66. The minimum Gasteiger partial charge on any atom is -0.497 e. The monoisotopic (exact) mass is 420 g/mol. The Balaban J connectivity index is 1.89. The van der Waals surface area contributed by atoms with Crippen molar-refractivity contribution in [3.63, 3.8) is 0 Å². The third-order valence-corrected chi connectivity index (χ3v) is 5.12. The van der Waals surface area contributed by atoms with E-state index in [-0.39, 0.29) is 18.9 Å². The first-order chi connectivity index (χ1) is 15.0. The molecule has 0 spiro atoms. The normalized spacial score (nSPS) is 18.1. The van der Waals surface area contributed by atoms with E-state index in [1.165, 1.54) is 0 Å². The van der Waals surface area contributed by atoms with E-state index in [0.29, 0.717) is 17.9 Å². The van der Waals surface area contributed by atoms with Gasteiger partial charge < -0.3 is 19.7 Å². The van der Waals surface area contributed by atoms with Crippen LogP contribution in [-0.2, 0) is 19.1 Å². The molecule has 2 aromatic rings. The number of hydrogen-bond acceptors (Lipinski definition) is 5. The van der Waals surface area contributed by atoms with Crippen LogP contribution in [0.1, 0.15) is 24.4 Å². The average molecular weight is 420 g/mol. The summed E-state index contributed by atoms with van der Waals surface area (Å²) in [4.78, 5) is 39.3. The van der Waals surface area contributed by atoms with Crippen molar-refractivity contribution in [3.8, 4) is 18.1 Å². The van der Waals surface area contributed by atoms with Crippen LogP contribution >= 0.6 is 0 Å². The lowest BCUT2D eigenvalue weighted by atomic mass is 9.84. The molecule has 3 rings (SSSR count). The SMILES string of the molecule is C#CCNC(=O)COC(=O)[C@@H]1CCC(=O)N(c2ccc(OC)cc2)[C@@H]1c1ccccc1. The molecule has 0 unspecified atom stereocenters. The van der Waals surface area contributed by atoms with Crippen molar-refractivity contribution in [1.82, 2.24) is 5.32 Å². The highest BCUT2D eigenvalue weighted by molar-refractivity contribution is 5.97. The zero-order valence-corrected chi connectivity index (χ0v) is 17.2. The number of carbonyl (C=O) groups excluding carboxylic acids is 3. The number of nitrogens with one attached hydrogen (secondary N) is 1. The molecule has 0 aromatic heterocycles. The summed E-state index contributed by atoms with van der Waals surface area (Å²) >= 11 is 0. The van der Waals surface area contributed by atoms with Crippen molar-refractivity contribution in [1.29, 1.82) is 0 Å². The van der Waals surface area contributed by atoms with Gasteiger partial charge in [-0.2, -0.15) is 0 Å². The van der Waals surface area contributed by atoms with E-state index in [9.17, 15) is 14.4 Å². The minimum atomic E-state index is -0.623. The average Bonchev–Trinajstić information content (AvgIpc) is 2.81. The molecule has 1 N–H and O–H groups in total. The molecule has 160 valence electrons. The molecule has 7 nitrogen and oxygen atoms in total. The summed E-state index contributed by atoms with van der Waals surface area (Å²) in [6, 6.07) is 15.9. The summed E-state index contributed by atoms with van der Waals surface area (Å²) in [5.41, 5.74) is 1.47. The molecule has 31 heavy (non-hydrogen) atoms. The maximum absolute atomic E-state index is 12.9. The molecule has 2 amide bonds. The lowest BCUT2D eigenvalue weighted by Crippen LogP contribution is -2.46. The van der Waals surface area contributed by atoms with Crippen LogP contribution < -0.4 is 15.0 Å². The fourth-order valence-electron chi connectivity index (χ4n) is 3.66. The van der Waals surface area contributed by atoms with Crippen molar-refractivity contribution in [3.05, 3.63) is 60.2 Å². The first kappa shape index (κ1) is 21.9. The zero-order valence-electron chi connectivity index (χ0n) is 17.2. The van der Waals surface area contributed by atoms with Crippen molar-refractivity contribution < 1.29 is 23.9 Å². The Kier molecular flexibility index (Phi) is 7.28. The molecule has 1 aliphatic heterocycles. The Morgan fingerprint density at radius 2 is 1.87 bits per heavy atom. The minimum absolute atomic E-state index is 0.0617. The molecule has 1 aliphatic rings. The van der Waals surface area contributed by atoms with Crippen molar-refractivity contribution in [2.24, 2.45) is 5.92 Å².